The number of hydrogen-bond acceptors (Lipinski definition) is 1. The van der Waals surface area contributed by atoms with Crippen LogP contribution in [0.15, 0.2) is 9.15 Å². The molecule has 0 aromatic carbocycles. The van der Waals surface area contributed by atoms with E-state index in [2.05, 4.69) is 29.5 Å². The summed E-state index contributed by atoms with van der Waals surface area (Å²) < 4.78 is 7.49. The minimum Gasteiger partial charge on any atom is -0.370 e. The Labute approximate surface area is 87.7 Å². The van der Waals surface area contributed by atoms with Crippen LogP contribution in [0, 0.1) is 0 Å². The van der Waals surface area contributed by atoms with Crippen molar-refractivity contribution < 1.29 is 4.74 Å². The molecule has 12 heavy (non-hydrogen) atoms. The predicted octanol–water partition coefficient (Wildman–Crippen LogP) is 3.43. The van der Waals surface area contributed by atoms with Gasteiger partial charge in [-0.25, -0.2) is 0 Å². The smallest absolute Gasteiger partial charge is 0.0899 e. The van der Waals surface area contributed by atoms with E-state index in [1.54, 1.807) is 3.58 Å². The highest BCUT2D eigenvalue weighted by atomic mass is 127. The zero-order valence-electron chi connectivity index (χ0n) is 7.53. The van der Waals surface area contributed by atoms with Gasteiger partial charge in [0.05, 0.1) is 12.2 Å². The van der Waals surface area contributed by atoms with Crippen molar-refractivity contribution in [1.82, 2.24) is 0 Å². The van der Waals surface area contributed by atoms with E-state index >= 15 is 0 Å². The molecule has 1 spiro atoms. The molecular formula is C10H15IO. The lowest BCUT2D eigenvalue weighted by Gasteiger charge is -2.35. The van der Waals surface area contributed by atoms with Crippen molar-refractivity contribution in [1.29, 1.82) is 0 Å². The summed E-state index contributed by atoms with van der Waals surface area (Å²) in [5, 5.41) is 0. The molecule has 0 atom stereocenters. The molecule has 1 saturated carbocycles. The van der Waals surface area contributed by atoms with Gasteiger partial charge in [0.1, 0.15) is 0 Å². The first-order chi connectivity index (χ1) is 5.75. The first-order valence-electron chi connectivity index (χ1n) is 4.74. The van der Waals surface area contributed by atoms with E-state index in [1.165, 1.54) is 31.3 Å². The highest BCUT2D eigenvalue weighted by Crippen LogP contribution is 2.44. The van der Waals surface area contributed by atoms with Crippen LogP contribution in [0.1, 0.15) is 39.0 Å². The Balaban J connectivity index is 2.29. The molecule has 1 heterocycles. The first kappa shape index (κ1) is 9.00. The Kier molecular flexibility index (Phi) is 2.47. The first-order valence-corrected chi connectivity index (χ1v) is 5.82. The van der Waals surface area contributed by atoms with Gasteiger partial charge in [0, 0.05) is 6.42 Å². The van der Waals surface area contributed by atoms with Crippen LogP contribution in [-0.4, -0.2) is 12.2 Å². The molecule has 2 rings (SSSR count). The lowest BCUT2D eigenvalue weighted by molar-refractivity contribution is -0.0192. The van der Waals surface area contributed by atoms with Crippen molar-refractivity contribution >= 4 is 22.6 Å². The molecule has 0 amide bonds. The molecule has 1 aliphatic heterocycles. The van der Waals surface area contributed by atoms with Crippen LogP contribution in [0.5, 0.6) is 0 Å². The zero-order valence-corrected chi connectivity index (χ0v) is 9.69. The summed E-state index contributed by atoms with van der Waals surface area (Å²) in [6.07, 6.45) is 6.34. The summed E-state index contributed by atoms with van der Waals surface area (Å²) in [5.41, 5.74) is 1.70. The van der Waals surface area contributed by atoms with Gasteiger partial charge < -0.3 is 4.74 Å². The molecule has 0 N–H and O–H groups in total. The predicted molar refractivity (Wildman–Crippen MR) is 58.5 cm³/mol. The molecule has 2 heteroatoms. The van der Waals surface area contributed by atoms with Crippen LogP contribution >= 0.6 is 22.6 Å². The van der Waals surface area contributed by atoms with Crippen LogP contribution < -0.4 is 0 Å². The Morgan fingerprint density at radius 3 is 2.67 bits per heavy atom. The fraction of sp³-hybridized carbons (Fsp3) is 0.800. The molecule has 2 aliphatic rings. The van der Waals surface area contributed by atoms with E-state index < -0.39 is 0 Å². The summed E-state index contributed by atoms with van der Waals surface area (Å²) in [7, 11) is 0. The molecule has 0 unspecified atom stereocenters. The number of rotatable bonds is 0. The topological polar surface area (TPSA) is 9.23 Å². The van der Waals surface area contributed by atoms with Crippen LogP contribution in [0.25, 0.3) is 0 Å². The third kappa shape index (κ3) is 1.33. The second-order valence-electron chi connectivity index (χ2n) is 3.83. The van der Waals surface area contributed by atoms with Crippen molar-refractivity contribution in [2.75, 3.05) is 6.61 Å². The molecule has 1 nitrogen and oxygen atoms in total. The van der Waals surface area contributed by atoms with E-state index in [4.69, 9.17) is 4.74 Å². The van der Waals surface area contributed by atoms with Crippen molar-refractivity contribution in [3.05, 3.63) is 9.15 Å². The van der Waals surface area contributed by atoms with Crippen LogP contribution in [-0.2, 0) is 4.74 Å². The minimum absolute atomic E-state index is 0.175. The maximum Gasteiger partial charge on any atom is 0.0899 e. The van der Waals surface area contributed by atoms with E-state index in [1.807, 2.05) is 0 Å². The quantitative estimate of drug-likeness (QED) is 0.617. The molecule has 0 radical (unpaired) electrons. The van der Waals surface area contributed by atoms with Gasteiger partial charge in [-0.2, -0.15) is 0 Å². The Morgan fingerprint density at radius 1 is 1.33 bits per heavy atom. The van der Waals surface area contributed by atoms with Gasteiger partial charge in [0.15, 0.2) is 0 Å². The Morgan fingerprint density at radius 2 is 2.00 bits per heavy atom. The standard InChI is InChI=1S/C10H15IO/c1-8-9(11)4-7-12-10(8)5-2-3-6-10/h2-7H2,1H3. The average molecular weight is 278 g/mol. The average Bonchev–Trinajstić information content (AvgIpc) is 2.50. The van der Waals surface area contributed by atoms with Gasteiger partial charge in [-0.05, 0) is 51.5 Å². The van der Waals surface area contributed by atoms with E-state index in [0.717, 1.165) is 13.0 Å². The summed E-state index contributed by atoms with van der Waals surface area (Å²) in [6.45, 7) is 3.20. The third-order valence-electron chi connectivity index (χ3n) is 3.20. The maximum atomic E-state index is 5.95. The van der Waals surface area contributed by atoms with Crippen molar-refractivity contribution in [3.63, 3.8) is 0 Å². The van der Waals surface area contributed by atoms with Crippen molar-refractivity contribution in [3.8, 4) is 0 Å². The number of ether oxygens (including phenoxy) is 1. The van der Waals surface area contributed by atoms with E-state index in [-0.39, 0.29) is 5.60 Å². The van der Waals surface area contributed by atoms with Gasteiger partial charge in [-0.15, -0.1) is 0 Å². The minimum atomic E-state index is 0.175. The molecule has 1 aliphatic carbocycles. The summed E-state index contributed by atoms with van der Waals surface area (Å²) in [6, 6.07) is 0. The highest BCUT2D eigenvalue weighted by Gasteiger charge is 2.39. The van der Waals surface area contributed by atoms with Crippen molar-refractivity contribution in [2.24, 2.45) is 0 Å². The molecule has 0 saturated heterocycles. The normalized spacial score (nSPS) is 28.5. The zero-order chi connectivity index (χ0) is 8.60. The van der Waals surface area contributed by atoms with Crippen molar-refractivity contribution in [2.45, 2.75) is 44.6 Å². The van der Waals surface area contributed by atoms with E-state index in [9.17, 15) is 0 Å². The third-order valence-corrected chi connectivity index (χ3v) is 4.55. The SMILES string of the molecule is CC1=C(I)CCOC12CCCC2. The van der Waals surface area contributed by atoms with Gasteiger partial charge in [-0.3, -0.25) is 0 Å². The van der Waals surface area contributed by atoms with Crippen LogP contribution in [0.3, 0.4) is 0 Å². The summed E-state index contributed by atoms with van der Waals surface area (Å²) in [4.78, 5) is 0. The fourth-order valence-electron chi connectivity index (χ4n) is 2.34. The maximum absolute atomic E-state index is 5.95. The highest BCUT2D eigenvalue weighted by molar-refractivity contribution is 14.1. The monoisotopic (exact) mass is 278 g/mol. The van der Waals surface area contributed by atoms with Gasteiger partial charge >= 0.3 is 0 Å². The molecule has 68 valence electrons. The Hall–Kier alpha value is 0.430. The Bertz CT molecular complexity index is 214. The molecule has 0 aromatic heterocycles. The van der Waals surface area contributed by atoms with Gasteiger partial charge in [0.25, 0.3) is 0 Å². The van der Waals surface area contributed by atoms with E-state index in [0.29, 0.717) is 0 Å². The lowest BCUT2D eigenvalue weighted by atomic mass is 9.90. The largest absolute Gasteiger partial charge is 0.370 e. The van der Waals surface area contributed by atoms with Crippen LogP contribution in [0.4, 0.5) is 0 Å². The molecular weight excluding hydrogens is 263 g/mol. The molecule has 0 aromatic rings. The second-order valence-corrected chi connectivity index (χ2v) is 5.13. The summed E-state index contributed by atoms with van der Waals surface area (Å²) >= 11 is 2.48. The lowest BCUT2D eigenvalue weighted by Crippen LogP contribution is -2.34. The van der Waals surface area contributed by atoms with Gasteiger partial charge in [-0.1, -0.05) is 12.8 Å². The second kappa shape index (κ2) is 3.29. The van der Waals surface area contributed by atoms with Gasteiger partial charge in [0.2, 0.25) is 0 Å². The number of hydrogen-bond donors (Lipinski definition) is 0. The summed E-state index contributed by atoms with van der Waals surface area (Å²) in [5.74, 6) is 0. The fourth-order valence-corrected chi connectivity index (χ4v) is 3.06. The molecule has 1 fully saturated rings. The number of halogens is 1. The molecule has 0 bridgehead atoms. The van der Waals surface area contributed by atoms with Crippen LogP contribution in [0.2, 0.25) is 0 Å².